The summed E-state index contributed by atoms with van der Waals surface area (Å²) in [5.74, 6) is 0.218. The van der Waals surface area contributed by atoms with Gasteiger partial charge in [0.25, 0.3) is 5.91 Å². The fourth-order valence-corrected chi connectivity index (χ4v) is 4.66. The van der Waals surface area contributed by atoms with Crippen molar-refractivity contribution in [3.8, 4) is 22.7 Å². The molecule has 0 radical (unpaired) electrons. The second-order valence-electron chi connectivity index (χ2n) is 8.68. The smallest absolute Gasteiger partial charge is 0.291 e. The maximum Gasteiger partial charge on any atom is 0.291 e. The highest BCUT2D eigenvalue weighted by Gasteiger charge is 2.26. The molecule has 1 saturated carbocycles. The van der Waals surface area contributed by atoms with Crippen molar-refractivity contribution in [3.05, 3.63) is 83.6 Å². The van der Waals surface area contributed by atoms with Gasteiger partial charge in [0, 0.05) is 17.3 Å². The Labute approximate surface area is 192 Å². The number of aryl methyl sites for hydroxylation is 2. The molecular weight excluding hydrogens is 417 g/mol. The number of nitrogens with zero attached hydrogens (tertiary/aromatic N) is 2. The lowest BCUT2D eigenvalue weighted by atomic mass is 10.1. The fourth-order valence-electron chi connectivity index (χ4n) is 4.66. The van der Waals surface area contributed by atoms with Crippen molar-refractivity contribution < 1.29 is 13.6 Å². The van der Waals surface area contributed by atoms with E-state index in [0.717, 1.165) is 46.6 Å². The fraction of sp³-hybridized carbons (Fsp3) is 0.259. The number of hydrogen-bond acceptors (Lipinski definition) is 3. The van der Waals surface area contributed by atoms with E-state index in [4.69, 9.17) is 4.42 Å². The number of carbonyl (C=O) groups is 1. The van der Waals surface area contributed by atoms with E-state index in [1.165, 1.54) is 25.0 Å². The molecule has 5 rings (SSSR count). The van der Waals surface area contributed by atoms with Crippen LogP contribution in [-0.2, 0) is 0 Å². The summed E-state index contributed by atoms with van der Waals surface area (Å²) < 4.78 is 21.7. The summed E-state index contributed by atoms with van der Waals surface area (Å²) in [6.07, 6.45) is 6.34. The zero-order valence-electron chi connectivity index (χ0n) is 18.8. The molecule has 1 N–H and O–H groups in total. The molecule has 1 fully saturated rings. The molecule has 5 nitrogen and oxygen atoms in total. The molecule has 1 amide bonds. The molecule has 1 aliphatic carbocycles. The largest absolute Gasteiger partial charge is 0.449 e. The molecule has 0 saturated heterocycles. The summed E-state index contributed by atoms with van der Waals surface area (Å²) >= 11 is 0. The summed E-state index contributed by atoms with van der Waals surface area (Å²) in [4.78, 5) is 17.6. The van der Waals surface area contributed by atoms with E-state index in [9.17, 15) is 9.18 Å². The van der Waals surface area contributed by atoms with Crippen LogP contribution in [0.4, 0.5) is 10.1 Å². The van der Waals surface area contributed by atoms with Crippen molar-refractivity contribution in [2.24, 2.45) is 0 Å². The average molecular weight is 444 g/mol. The number of aromatic nitrogens is 2. The molecule has 168 valence electrons. The van der Waals surface area contributed by atoms with Gasteiger partial charge in [-0.1, -0.05) is 31.0 Å². The molecule has 0 aliphatic heterocycles. The van der Waals surface area contributed by atoms with Crippen molar-refractivity contribution in [1.29, 1.82) is 0 Å². The van der Waals surface area contributed by atoms with Crippen molar-refractivity contribution in [2.45, 2.75) is 45.6 Å². The van der Waals surface area contributed by atoms with E-state index in [2.05, 4.69) is 14.9 Å². The quantitative estimate of drug-likeness (QED) is 0.364. The first kappa shape index (κ1) is 21.2. The number of furan rings is 1. The third-order valence-corrected chi connectivity index (χ3v) is 6.41. The Balaban J connectivity index is 1.52. The van der Waals surface area contributed by atoms with E-state index < -0.39 is 0 Å². The zero-order valence-corrected chi connectivity index (χ0v) is 18.8. The third kappa shape index (κ3) is 4.09. The van der Waals surface area contributed by atoms with E-state index in [0.29, 0.717) is 11.8 Å². The number of para-hydroxylation sites is 1. The first-order valence-corrected chi connectivity index (χ1v) is 11.3. The SMILES string of the molecule is Cc1cccc(C)c1NC(=O)c1ccc(-c2c(-c3ccc(F)cc3)ncn2C2CCCC2)o1. The lowest BCUT2D eigenvalue weighted by molar-refractivity contribution is 0.0997. The molecule has 4 aromatic rings. The number of nitrogens with one attached hydrogen (secondary N) is 1. The highest BCUT2D eigenvalue weighted by molar-refractivity contribution is 6.03. The van der Waals surface area contributed by atoms with Crippen LogP contribution in [0, 0.1) is 19.7 Å². The van der Waals surface area contributed by atoms with Crippen molar-refractivity contribution in [1.82, 2.24) is 9.55 Å². The van der Waals surface area contributed by atoms with Crippen LogP contribution in [-0.4, -0.2) is 15.5 Å². The van der Waals surface area contributed by atoms with Gasteiger partial charge in [-0.05, 0) is 74.2 Å². The molecule has 33 heavy (non-hydrogen) atoms. The Morgan fingerprint density at radius 3 is 2.42 bits per heavy atom. The normalized spacial score (nSPS) is 14.0. The van der Waals surface area contributed by atoms with E-state index in [1.807, 2.05) is 44.4 Å². The van der Waals surface area contributed by atoms with Crippen LogP contribution in [0.25, 0.3) is 22.7 Å². The van der Waals surface area contributed by atoms with Crippen LogP contribution in [0.5, 0.6) is 0 Å². The Morgan fingerprint density at radius 2 is 1.73 bits per heavy atom. The summed E-state index contributed by atoms with van der Waals surface area (Å²) in [6.45, 7) is 3.93. The van der Waals surface area contributed by atoms with E-state index >= 15 is 0 Å². The molecule has 2 aromatic heterocycles. The average Bonchev–Trinajstić information content (AvgIpc) is 3.56. The number of benzene rings is 2. The third-order valence-electron chi connectivity index (χ3n) is 6.41. The van der Waals surface area contributed by atoms with Gasteiger partial charge in [0.2, 0.25) is 0 Å². The summed E-state index contributed by atoms with van der Waals surface area (Å²) in [7, 11) is 0. The summed E-state index contributed by atoms with van der Waals surface area (Å²) in [5, 5.41) is 2.98. The Morgan fingerprint density at radius 1 is 1.03 bits per heavy atom. The number of carbonyl (C=O) groups excluding carboxylic acids is 1. The van der Waals surface area contributed by atoms with Gasteiger partial charge in [0.15, 0.2) is 11.5 Å². The monoisotopic (exact) mass is 443 g/mol. The first-order valence-electron chi connectivity index (χ1n) is 11.3. The minimum absolute atomic E-state index is 0.233. The number of hydrogen-bond donors (Lipinski definition) is 1. The van der Waals surface area contributed by atoms with Crippen LogP contribution in [0.3, 0.4) is 0 Å². The van der Waals surface area contributed by atoms with Crippen LogP contribution < -0.4 is 5.32 Å². The predicted molar refractivity (Wildman–Crippen MR) is 127 cm³/mol. The minimum atomic E-state index is -0.297. The lowest BCUT2D eigenvalue weighted by Gasteiger charge is -2.15. The van der Waals surface area contributed by atoms with Gasteiger partial charge in [-0.3, -0.25) is 4.79 Å². The molecule has 6 heteroatoms. The Bertz CT molecular complexity index is 1280. The van der Waals surface area contributed by atoms with Crippen LogP contribution >= 0.6 is 0 Å². The lowest BCUT2D eigenvalue weighted by Crippen LogP contribution is -2.13. The van der Waals surface area contributed by atoms with Gasteiger partial charge in [-0.15, -0.1) is 0 Å². The highest BCUT2D eigenvalue weighted by atomic mass is 19.1. The number of anilines is 1. The topological polar surface area (TPSA) is 60.1 Å². The highest BCUT2D eigenvalue weighted by Crippen LogP contribution is 2.39. The molecule has 2 aromatic carbocycles. The molecule has 1 aliphatic rings. The van der Waals surface area contributed by atoms with Gasteiger partial charge in [0.1, 0.15) is 11.5 Å². The molecule has 0 unspecified atom stereocenters. The predicted octanol–water partition coefficient (Wildman–Crippen LogP) is 6.93. The van der Waals surface area contributed by atoms with Crippen LogP contribution in [0.15, 0.2) is 65.3 Å². The molecular formula is C27H26FN3O2. The molecule has 0 bridgehead atoms. The zero-order chi connectivity index (χ0) is 22.9. The maximum atomic E-state index is 13.5. The van der Waals surface area contributed by atoms with Gasteiger partial charge in [0.05, 0.1) is 12.0 Å². The van der Waals surface area contributed by atoms with Gasteiger partial charge in [-0.25, -0.2) is 9.37 Å². The molecule has 0 atom stereocenters. The van der Waals surface area contributed by atoms with Gasteiger partial charge in [-0.2, -0.15) is 0 Å². The number of rotatable bonds is 5. The second-order valence-corrected chi connectivity index (χ2v) is 8.68. The first-order chi connectivity index (χ1) is 16.0. The summed E-state index contributed by atoms with van der Waals surface area (Å²) in [6, 6.07) is 16.0. The Hall–Kier alpha value is -3.67. The van der Waals surface area contributed by atoms with Gasteiger partial charge >= 0.3 is 0 Å². The van der Waals surface area contributed by atoms with Crippen LogP contribution in [0.2, 0.25) is 0 Å². The number of halogens is 1. The number of imidazole rings is 1. The molecule has 2 heterocycles. The van der Waals surface area contributed by atoms with Crippen molar-refractivity contribution in [3.63, 3.8) is 0 Å². The van der Waals surface area contributed by atoms with E-state index in [1.54, 1.807) is 18.2 Å². The second kappa shape index (κ2) is 8.70. The maximum absolute atomic E-state index is 13.5. The van der Waals surface area contributed by atoms with Crippen molar-refractivity contribution in [2.75, 3.05) is 5.32 Å². The van der Waals surface area contributed by atoms with E-state index in [-0.39, 0.29) is 17.5 Å². The summed E-state index contributed by atoms with van der Waals surface area (Å²) in [5.41, 5.74) is 5.13. The number of amides is 1. The van der Waals surface area contributed by atoms with Crippen molar-refractivity contribution >= 4 is 11.6 Å². The molecule has 0 spiro atoms. The Kier molecular flexibility index (Phi) is 5.58. The van der Waals surface area contributed by atoms with Crippen LogP contribution in [0.1, 0.15) is 53.4 Å². The minimum Gasteiger partial charge on any atom is -0.449 e. The standard InChI is InChI=1S/C27H26FN3O2/c1-17-6-5-7-18(2)24(17)30-27(32)23-15-14-22(33-23)26-25(19-10-12-20(28)13-11-19)29-16-31(26)21-8-3-4-9-21/h5-7,10-16,21H,3-4,8-9H2,1-2H3,(H,30,32). The van der Waals surface area contributed by atoms with Gasteiger partial charge < -0.3 is 14.3 Å².